The topological polar surface area (TPSA) is 39.3 Å². The Bertz CT molecular complexity index is 804. The van der Waals surface area contributed by atoms with Crippen molar-refractivity contribution < 1.29 is 4.39 Å². The zero-order valence-corrected chi connectivity index (χ0v) is 10.4. The fourth-order valence-electron chi connectivity index (χ4n) is 2.04. The van der Waals surface area contributed by atoms with Crippen molar-refractivity contribution in [1.82, 2.24) is 14.2 Å². The van der Waals surface area contributed by atoms with Crippen LogP contribution in [0.15, 0.2) is 47.4 Å². The van der Waals surface area contributed by atoms with Gasteiger partial charge in [0.2, 0.25) is 0 Å². The first-order valence-electron chi connectivity index (χ1n) is 5.94. The van der Waals surface area contributed by atoms with E-state index in [4.69, 9.17) is 0 Å². The van der Waals surface area contributed by atoms with Crippen LogP contribution in [-0.4, -0.2) is 14.2 Å². The van der Waals surface area contributed by atoms with Gasteiger partial charge in [0.1, 0.15) is 5.82 Å². The van der Waals surface area contributed by atoms with Crippen LogP contribution in [0.25, 0.3) is 5.65 Å². The lowest BCUT2D eigenvalue weighted by Gasteiger charge is -2.04. The molecule has 96 valence electrons. The quantitative estimate of drug-likeness (QED) is 0.704. The average Bonchev–Trinajstić information content (AvgIpc) is 2.72. The molecule has 2 aromatic heterocycles. The zero-order chi connectivity index (χ0) is 13.4. The molecule has 0 unspecified atom stereocenters. The molecule has 19 heavy (non-hydrogen) atoms. The van der Waals surface area contributed by atoms with Gasteiger partial charge in [0, 0.05) is 6.20 Å². The Hall–Kier alpha value is -2.43. The van der Waals surface area contributed by atoms with Crippen LogP contribution < -0.4 is 5.69 Å². The van der Waals surface area contributed by atoms with Crippen molar-refractivity contribution in [3.05, 3.63) is 70.0 Å². The first-order chi connectivity index (χ1) is 9.15. The van der Waals surface area contributed by atoms with E-state index >= 15 is 0 Å². The van der Waals surface area contributed by atoms with Crippen LogP contribution in [0.3, 0.4) is 0 Å². The van der Waals surface area contributed by atoms with Crippen LogP contribution in [0.4, 0.5) is 4.39 Å². The zero-order valence-electron chi connectivity index (χ0n) is 10.4. The maximum atomic E-state index is 13.2. The number of benzene rings is 1. The summed E-state index contributed by atoms with van der Waals surface area (Å²) >= 11 is 0. The normalized spacial score (nSPS) is 11.1. The van der Waals surface area contributed by atoms with Crippen LogP contribution in [0, 0.1) is 12.7 Å². The van der Waals surface area contributed by atoms with E-state index in [0.29, 0.717) is 5.65 Å². The van der Waals surface area contributed by atoms with E-state index in [9.17, 15) is 9.18 Å². The first-order valence-corrected chi connectivity index (χ1v) is 5.94. The van der Waals surface area contributed by atoms with Gasteiger partial charge < -0.3 is 0 Å². The standard InChI is InChI=1S/C14H12FN3O/c1-10-5-6-12(15)8-11(10)9-18-14(19)17-7-3-2-4-13(17)16-18/h2-8H,9H2,1H3. The second-order valence-electron chi connectivity index (χ2n) is 4.44. The second-order valence-corrected chi connectivity index (χ2v) is 4.44. The molecule has 5 heteroatoms. The minimum atomic E-state index is -0.308. The van der Waals surface area contributed by atoms with Crippen molar-refractivity contribution in [3.63, 3.8) is 0 Å². The Balaban J connectivity index is 2.08. The molecular weight excluding hydrogens is 245 g/mol. The smallest absolute Gasteiger partial charge is 0.250 e. The first kappa shape index (κ1) is 11.6. The highest BCUT2D eigenvalue weighted by Crippen LogP contribution is 2.11. The molecule has 0 spiro atoms. The van der Waals surface area contributed by atoms with Crippen LogP contribution in [0.2, 0.25) is 0 Å². The lowest BCUT2D eigenvalue weighted by Crippen LogP contribution is -2.22. The number of aromatic nitrogens is 3. The largest absolute Gasteiger partial charge is 0.350 e. The predicted molar refractivity (Wildman–Crippen MR) is 69.7 cm³/mol. The number of rotatable bonds is 2. The van der Waals surface area contributed by atoms with Crippen LogP contribution in [0.5, 0.6) is 0 Å². The Kier molecular flexibility index (Phi) is 2.67. The molecule has 0 aliphatic rings. The summed E-state index contributed by atoms with van der Waals surface area (Å²) in [5.41, 5.74) is 2.05. The Morgan fingerprint density at radius 2 is 2.11 bits per heavy atom. The number of hydrogen-bond donors (Lipinski definition) is 0. The summed E-state index contributed by atoms with van der Waals surface area (Å²) in [4.78, 5) is 12.1. The minimum absolute atomic E-state index is 0.223. The van der Waals surface area contributed by atoms with Gasteiger partial charge in [-0.25, -0.2) is 13.9 Å². The third kappa shape index (κ3) is 2.03. The van der Waals surface area contributed by atoms with Crippen molar-refractivity contribution in [1.29, 1.82) is 0 Å². The number of halogens is 1. The number of fused-ring (bicyclic) bond motifs is 1. The Morgan fingerprint density at radius 1 is 1.26 bits per heavy atom. The van der Waals surface area contributed by atoms with Crippen LogP contribution in [0.1, 0.15) is 11.1 Å². The molecule has 2 heterocycles. The van der Waals surface area contributed by atoms with Gasteiger partial charge in [-0.1, -0.05) is 12.1 Å². The van der Waals surface area contributed by atoms with Gasteiger partial charge in [-0.3, -0.25) is 4.40 Å². The van der Waals surface area contributed by atoms with Crippen LogP contribution in [-0.2, 0) is 6.54 Å². The summed E-state index contributed by atoms with van der Waals surface area (Å²) in [6.07, 6.45) is 1.67. The molecule has 0 radical (unpaired) electrons. The van der Waals surface area contributed by atoms with Crippen molar-refractivity contribution in [2.45, 2.75) is 13.5 Å². The van der Waals surface area contributed by atoms with Gasteiger partial charge in [-0.15, -0.1) is 5.10 Å². The van der Waals surface area contributed by atoms with Crippen LogP contribution >= 0.6 is 0 Å². The lowest BCUT2D eigenvalue weighted by atomic mass is 10.1. The summed E-state index contributed by atoms with van der Waals surface area (Å²) in [6, 6.07) is 9.90. The number of hydrogen-bond acceptors (Lipinski definition) is 2. The van der Waals surface area contributed by atoms with Gasteiger partial charge in [-0.05, 0) is 42.3 Å². The van der Waals surface area contributed by atoms with E-state index in [1.165, 1.54) is 21.2 Å². The molecule has 0 saturated heterocycles. The van der Waals surface area contributed by atoms with E-state index < -0.39 is 0 Å². The summed E-state index contributed by atoms with van der Waals surface area (Å²) in [7, 11) is 0. The summed E-state index contributed by atoms with van der Waals surface area (Å²) < 4.78 is 16.1. The fourth-order valence-corrected chi connectivity index (χ4v) is 2.04. The highest BCUT2D eigenvalue weighted by Gasteiger charge is 2.08. The maximum Gasteiger partial charge on any atom is 0.350 e. The minimum Gasteiger partial charge on any atom is -0.250 e. The fraction of sp³-hybridized carbons (Fsp3) is 0.143. The number of nitrogens with zero attached hydrogens (tertiary/aromatic N) is 3. The van der Waals surface area contributed by atoms with Gasteiger partial charge >= 0.3 is 5.69 Å². The average molecular weight is 257 g/mol. The van der Waals surface area contributed by atoms with E-state index in [2.05, 4.69) is 5.10 Å². The molecule has 0 amide bonds. The van der Waals surface area contributed by atoms with Gasteiger partial charge in [0.15, 0.2) is 5.65 Å². The molecule has 0 aliphatic carbocycles. The van der Waals surface area contributed by atoms with Gasteiger partial charge in [0.05, 0.1) is 6.54 Å². The molecule has 0 N–H and O–H groups in total. The highest BCUT2D eigenvalue weighted by atomic mass is 19.1. The Morgan fingerprint density at radius 3 is 2.89 bits per heavy atom. The molecule has 0 saturated carbocycles. The number of pyridine rings is 1. The predicted octanol–water partition coefficient (Wildman–Crippen LogP) is 1.99. The van der Waals surface area contributed by atoms with Crippen molar-refractivity contribution >= 4 is 5.65 Å². The molecule has 3 rings (SSSR count). The van der Waals surface area contributed by atoms with E-state index in [0.717, 1.165) is 11.1 Å². The molecule has 3 aromatic rings. The molecule has 1 aromatic carbocycles. The maximum absolute atomic E-state index is 13.2. The third-order valence-electron chi connectivity index (χ3n) is 3.12. The molecule has 0 aliphatic heterocycles. The summed E-state index contributed by atoms with van der Waals surface area (Å²) in [6.45, 7) is 2.15. The molecule has 0 atom stereocenters. The van der Waals surface area contributed by atoms with Gasteiger partial charge in [-0.2, -0.15) is 0 Å². The second kappa shape index (κ2) is 4.35. The van der Waals surface area contributed by atoms with Gasteiger partial charge in [0.25, 0.3) is 0 Å². The van der Waals surface area contributed by atoms with Crippen molar-refractivity contribution in [2.24, 2.45) is 0 Å². The monoisotopic (exact) mass is 257 g/mol. The number of aryl methyl sites for hydroxylation is 1. The Labute approximate surface area is 108 Å². The van der Waals surface area contributed by atoms with E-state index in [-0.39, 0.29) is 18.1 Å². The summed E-state index contributed by atoms with van der Waals surface area (Å²) in [5.74, 6) is -0.308. The summed E-state index contributed by atoms with van der Waals surface area (Å²) in [5, 5.41) is 4.22. The van der Waals surface area contributed by atoms with Crippen molar-refractivity contribution in [3.8, 4) is 0 Å². The highest BCUT2D eigenvalue weighted by molar-refractivity contribution is 5.36. The van der Waals surface area contributed by atoms with E-state index in [1.54, 1.807) is 24.4 Å². The third-order valence-corrected chi connectivity index (χ3v) is 3.12. The molecular formula is C14H12FN3O. The molecule has 0 bridgehead atoms. The van der Waals surface area contributed by atoms with Crippen molar-refractivity contribution in [2.75, 3.05) is 0 Å². The SMILES string of the molecule is Cc1ccc(F)cc1Cn1nc2ccccn2c1=O. The van der Waals surface area contributed by atoms with E-state index in [1.807, 2.05) is 13.0 Å². The molecule has 0 fully saturated rings. The molecule has 4 nitrogen and oxygen atoms in total. The lowest BCUT2D eigenvalue weighted by molar-refractivity contribution is 0.614.